The molecule has 3 nitrogen and oxygen atoms in total. The van der Waals surface area contributed by atoms with Gasteiger partial charge in [-0.2, -0.15) is 0 Å². The Labute approximate surface area is 123 Å². The third-order valence-electron chi connectivity index (χ3n) is 3.31. The van der Waals surface area contributed by atoms with Gasteiger partial charge in [0.1, 0.15) is 0 Å². The molecule has 0 saturated heterocycles. The van der Waals surface area contributed by atoms with E-state index in [0.29, 0.717) is 19.0 Å². The molecule has 0 bridgehead atoms. The molecule has 20 heavy (non-hydrogen) atoms. The predicted molar refractivity (Wildman–Crippen MR) is 87.5 cm³/mol. The second-order valence-corrected chi connectivity index (χ2v) is 6.86. The van der Waals surface area contributed by atoms with Gasteiger partial charge in [-0.3, -0.25) is 0 Å². The van der Waals surface area contributed by atoms with Crippen LogP contribution in [0, 0.1) is 6.92 Å². The first kappa shape index (κ1) is 17.0. The van der Waals surface area contributed by atoms with Crippen LogP contribution >= 0.6 is 0 Å². The van der Waals surface area contributed by atoms with E-state index in [1.54, 1.807) is 0 Å². The van der Waals surface area contributed by atoms with Gasteiger partial charge in [-0.1, -0.05) is 32.0 Å². The first-order valence-corrected chi connectivity index (χ1v) is 7.47. The molecule has 3 heteroatoms. The van der Waals surface area contributed by atoms with Crippen LogP contribution in [0.1, 0.15) is 51.7 Å². The number of rotatable bonds is 6. The standard InChI is InChI=1S/C17H30N2O/c1-12(2)15-9-7-8-13(3)16(15)18-10-14(20)11-19-17(4,5)6/h7-9,12,14,18-20H,10-11H2,1-6H3. The molecule has 0 heterocycles. The van der Waals surface area contributed by atoms with Gasteiger partial charge in [0.05, 0.1) is 6.10 Å². The number of nitrogens with one attached hydrogen (secondary N) is 2. The quantitative estimate of drug-likeness (QED) is 0.748. The minimum Gasteiger partial charge on any atom is -0.390 e. The van der Waals surface area contributed by atoms with Gasteiger partial charge in [-0.25, -0.2) is 0 Å². The van der Waals surface area contributed by atoms with Crippen molar-refractivity contribution in [3.05, 3.63) is 29.3 Å². The molecule has 114 valence electrons. The number of hydrogen-bond acceptors (Lipinski definition) is 3. The summed E-state index contributed by atoms with van der Waals surface area (Å²) in [5, 5.41) is 16.8. The van der Waals surface area contributed by atoms with Crippen LogP contribution in [-0.2, 0) is 0 Å². The Hall–Kier alpha value is -1.06. The summed E-state index contributed by atoms with van der Waals surface area (Å²) in [6.45, 7) is 14.0. The second kappa shape index (κ2) is 7.09. The van der Waals surface area contributed by atoms with Crippen LogP contribution < -0.4 is 10.6 Å². The highest BCUT2D eigenvalue weighted by atomic mass is 16.3. The van der Waals surface area contributed by atoms with Crippen LogP contribution in [0.15, 0.2) is 18.2 Å². The molecule has 0 spiro atoms. The van der Waals surface area contributed by atoms with E-state index in [0.717, 1.165) is 5.69 Å². The van der Waals surface area contributed by atoms with Crippen molar-refractivity contribution in [3.8, 4) is 0 Å². The molecule has 1 atom stereocenters. The molecule has 3 N–H and O–H groups in total. The third kappa shape index (κ3) is 5.51. The lowest BCUT2D eigenvalue weighted by Gasteiger charge is -2.24. The molecule has 0 aliphatic carbocycles. The number of anilines is 1. The zero-order chi connectivity index (χ0) is 15.3. The van der Waals surface area contributed by atoms with Crippen molar-refractivity contribution >= 4 is 5.69 Å². The molecule has 1 rings (SSSR count). The second-order valence-electron chi connectivity index (χ2n) is 6.86. The molecule has 0 aliphatic heterocycles. The average molecular weight is 278 g/mol. The SMILES string of the molecule is Cc1cccc(C(C)C)c1NCC(O)CNC(C)(C)C. The fourth-order valence-electron chi connectivity index (χ4n) is 2.13. The van der Waals surface area contributed by atoms with Crippen LogP contribution in [0.4, 0.5) is 5.69 Å². The van der Waals surface area contributed by atoms with E-state index in [1.807, 2.05) is 0 Å². The van der Waals surface area contributed by atoms with E-state index in [1.165, 1.54) is 11.1 Å². The Morgan fingerprint density at radius 3 is 2.35 bits per heavy atom. The molecule has 0 saturated carbocycles. The van der Waals surface area contributed by atoms with E-state index < -0.39 is 6.10 Å². The summed E-state index contributed by atoms with van der Waals surface area (Å²) in [6, 6.07) is 6.35. The van der Waals surface area contributed by atoms with E-state index in [9.17, 15) is 5.11 Å². The smallest absolute Gasteiger partial charge is 0.0836 e. The molecule has 0 radical (unpaired) electrons. The zero-order valence-electron chi connectivity index (χ0n) is 13.7. The number of benzene rings is 1. The van der Waals surface area contributed by atoms with Gasteiger partial charge in [-0.15, -0.1) is 0 Å². The highest BCUT2D eigenvalue weighted by Crippen LogP contribution is 2.27. The lowest BCUT2D eigenvalue weighted by molar-refractivity contribution is 0.172. The Morgan fingerprint density at radius 1 is 1.15 bits per heavy atom. The van der Waals surface area contributed by atoms with Gasteiger partial charge < -0.3 is 15.7 Å². The maximum atomic E-state index is 10.1. The normalized spacial score (nSPS) is 13.6. The third-order valence-corrected chi connectivity index (χ3v) is 3.31. The molecular formula is C17H30N2O. The lowest BCUT2D eigenvalue weighted by atomic mass is 9.98. The summed E-state index contributed by atoms with van der Waals surface area (Å²) in [7, 11) is 0. The predicted octanol–water partition coefficient (Wildman–Crippen LogP) is 3.28. The Balaban J connectivity index is 2.61. The first-order valence-electron chi connectivity index (χ1n) is 7.47. The van der Waals surface area contributed by atoms with Gasteiger partial charge in [0, 0.05) is 24.3 Å². The number of aliphatic hydroxyl groups is 1. The summed E-state index contributed by atoms with van der Waals surface area (Å²) < 4.78 is 0. The molecule has 0 amide bonds. The van der Waals surface area contributed by atoms with Crippen molar-refractivity contribution in [1.29, 1.82) is 0 Å². The van der Waals surface area contributed by atoms with Crippen LogP contribution in [0.3, 0.4) is 0 Å². The number of β-amino-alcohol motifs (C(OH)–C–C–N with tert-alkyl or cyclic N) is 1. The topological polar surface area (TPSA) is 44.3 Å². The number of para-hydroxylation sites is 1. The maximum Gasteiger partial charge on any atom is 0.0836 e. The zero-order valence-corrected chi connectivity index (χ0v) is 13.7. The van der Waals surface area contributed by atoms with Gasteiger partial charge in [0.15, 0.2) is 0 Å². The van der Waals surface area contributed by atoms with E-state index in [2.05, 4.69) is 70.4 Å². The average Bonchev–Trinajstić information content (AvgIpc) is 2.33. The Kier molecular flexibility index (Phi) is 6.03. The first-order chi connectivity index (χ1) is 9.20. The van der Waals surface area contributed by atoms with Crippen LogP contribution in [-0.4, -0.2) is 29.8 Å². The summed E-state index contributed by atoms with van der Waals surface area (Å²) in [5.41, 5.74) is 3.73. The summed E-state index contributed by atoms with van der Waals surface area (Å²) in [4.78, 5) is 0. The number of hydrogen-bond donors (Lipinski definition) is 3. The number of aliphatic hydroxyl groups excluding tert-OH is 1. The van der Waals surface area contributed by atoms with E-state index >= 15 is 0 Å². The van der Waals surface area contributed by atoms with Crippen LogP contribution in [0.2, 0.25) is 0 Å². The fourth-order valence-corrected chi connectivity index (χ4v) is 2.13. The van der Waals surface area contributed by atoms with E-state index in [4.69, 9.17) is 0 Å². The highest BCUT2D eigenvalue weighted by molar-refractivity contribution is 5.58. The largest absolute Gasteiger partial charge is 0.390 e. The molecule has 0 fully saturated rings. The molecular weight excluding hydrogens is 248 g/mol. The molecule has 0 aromatic heterocycles. The van der Waals surface area contributed by atoms with Gasteiger partial charge in [0.25, 0.3) is 0 Å². The monoisotopic (exact) mass is 278 g/mol. The molecule has 0 aliphatic rings. The van der Waals surface area contributed by atoms with Crippen molar-refractivity contribution in [2.45, 2.75) is 59.1 Å². The van der Waals surface area contributed by atoms with Crippen molar-refractivity contribution < 1.29 is 5.11 Å². The minimum atomic E-state index is -0.395. The van der Waals surface area contributed by atoms with Crippen LogP contribution in [0.5, 0.6) is 0 Å². The summed E-state index contributed by atoms with van der Waals surface area (Å²) in [5.74, 6) is 0.474. The van der Waals surface area contributed by atoms with Crippen molar-refractivity contribution in [3.63, 3.8) is 0 Å². The van der Waals surface area contributed by atoms with Crippen molar-refractivity contribution in [1.82, 2.24) is 5.32 Å². The van der Waals surface area contributed by atoms with Crippen LogP contribution in [0.25, 0.3) is 0 Å². The van der Waals surface area contributed by atoms with Crippen molar-refractivity contribution in [2.75, 3.05) is 18.4 Å². The highest BCUT2D eigenvalue weighted by Gasteiger charge is 2.13. The summed E-state index contributed by atoms with van der Waals surface area (Å²) in [6.07, 6.45) is -0.395. The molecule has 1 aromatic rings. The summed E-state index contributed by atoms with van der Waals surface area (Å²) >= 11 is 0. The Bertz CT molecular complexity index is 421. The molecule has 1 aromatic carbocycles. The van der Waals surface area contributed by atoms with Gasteiger partial charge in [0.2, 0.25) is 0 Å². The van der Waals surface area contributed by atoms with Crippen molar-refractivity contribution in [2.24, 2.45) is 0 Å². The van der Waals surface area contributed by atoms with Gasteiger partial charge in [-0.05, 0) is 44.7 Å². The van der Waals surface area contributed by atoms with E-state index in [-0.39, 0.29) is 5.54 Å². The maximum absolute atomic E-state index is 10.1. The van der Waals surface area contributed by atoms with Gasteiger partial charge >= 0.3 is 0 Å². The lowest BCUT2D eigenvalue weighted by Crippen LogP contribution is -2.42. The molecule has 1 unspecified atom stereocenters. The minimum absolute atomic E-state index is 0.0345. The Morgan fingerprint density at radius 2 is 1.80 bits per heavy atom. The number of aryl methyl sites for hydroxylation is 1. The fraction of sp³-hybridized carbons (Fsp3) is 0.647.